The minimum absolute atomic E-state index is 0.148. The molecule has 0 spiro atoms. The van der Waals surface area contributed by atoms with Gasteiger partial charge in [0.05, 0.1) is 0 Å². The van der Waals surface area contributed by atoms with Crippen molar-refractivity contribution < 1.29 is 18.3 Å². The lowest BCUT2D eigenvalue weighted by atomic mass is 10.1. The molecule has 0 bridgehead atoms. The van der Waals surface area contributed by atoms with E-state index in [1.807, 2.05) is 0 Å². The number of carboxylic acids is 1. The summed E-state index contributed by atoms with van der Waals surface area (Å²) in [5, 5.41) is 10.3. The third-order valence-corrected chi connectivity index (χ3v) is 5.39. The third-order valence-electron chi connectivity index (χ3n) is 2.60. The van der Waals surface area contributed by atoms with E-state index in [4.69, 9.17) is 5.11 Å². The van der Waals surface area contributed by atoms with Crippen molar-refractivity contribution in [3.8, 4) is 0 Å². The van der Waals surface area contributed by atoms with Crippen molar-refractivity contribution in [2.45, 2.75) is 10.8 Å². The van der Waals surface area contributed by atoms with Crippen LogP contribution in [0.4, 0.5) is 0 Å². The molecule has 2 N–H and O–H groups in total. The maximum absolute atomic E-state index is 12.0. The summed E-state index contributed by atoms with van der Waals surface area (Å²) in [4.78, 5) is 10.5. The maximum atomic E-state index is 12.0. The van der Waals surface area contributed by atoms with Gasteiger partial charge in [0, 0.05) is 12.6 Å². The standard InChI is InChI=1S/C14H13NO4S2/c16-13(17)7-6-11-3-1-4-12(9-11)10-15-21(18,19)14-5-2-8-20-14/h1-9,15H,10H2,(H,16,17). The summed E-state index contributed by atoms with van der Waals surface area (Å²) in [6.07, 6.45) is 2.49. The first-order valence-electron chi connectivity index (χ1n) is 6.00. The number of carbonyl (C=O) groups is 1. The summed E-state index contributed by atoms with van der Waals surface area (Å²) < 4.78 is 26.7. The van der Waals surface area contributed by atoms with Gasteiger partial charge in [-0.15, -0.1) is 11.3 Å². The van der Waals surface area contributed by atoms with E-state index in [0.29, 0.717) is 5.56 Å². The maximum Gasteiger partial charge on any atom is 0.328 e. The van der Waals surface area contributed by atoms with Crippen LogP contribution in [0, 0.1) is 0 Å². The number of carboxylic acid groups (broad SMARTS) is 1. The molecule has 21 heavy (non-hydrogen) atoms. The predicted molar refractivity (Wildman–Crippen MR) is 81.5 cm³/mol. The number of thiophene rings is 1. The zero-order chi connectivity index (χ0) is 15.3. The quantitative estimate of drug-likeness (QED) is 0.799. The Hall–Kier alpha value is -1.96. The van der Waals surface area contributed by atoms with Crippen molar-refractivity contribution in [2.75, 3.05) is 0 Å². The van der Waals surface area contributed by atoms with E-state index in [-0.39, 0.29) is 10.8 Å². The first-order valence-corrected chi connectivity index (χ1v) is 8.37. The van der Waals surface area contributed by atoms with E-state index < -0.39 is 16.0 Å². The van der Waals surface area contributed by atoms with Gasteiger partial charge in [-0.3, -0.25) is 0 Å². The molecule has 1 aromatic heterocycles. The smallest absolute Gasteiger partial charge is 0.328 e. The predicted octanol–water partition coefficient (Wildman–Crippen LogP) is 2.32. The molecule has 2 aromatic rings. The number of hydrogen-bond acceptors (Lipinski definition) is 4. The summed E-state index contributed by atoms with van der Waals surface area (Å²) in [6, 6.07) is 10.2. The molecule has 0 saturated heterocycles. The van der Waals surface area contributed by atoms with Crippen LogP contribution in [-0.4, -0.2) is 19.5 Å². The summed E-state index contributed by atoms with van der Waals surface area (Å²) >= 11 is 1.15. The second-order valence-electron chi connectivity index (χ2n) is 4.17. The van der Waals surface area contributed by atoms with Gasteiger partial charge in [-0.2, -0.15) is 0 Å². The Labute approximate surface area is 126 Å². The van der Waals surface area contributed by atoms with Gasteiger partial charge >= 0.3 is 5.97 Å². The lowest BCUT2D eigenvalue weighted by Gasteiger charge is -2.05. The molecule has 0 unspecified atom stereocenters. The van der Waals surface area contributed by atoms with E-state index in [2.05, 4.69) is 4.72 Å². The number of nitrogens with one attached hydrogen (secondary N) is 1. The average molecular weight is 323 g/mol. The monoisotopic (exact) mass is 323 g/mol. The van der Waals surface area contributed by atoms with Crippen LogP contribution in [0.2, 0.25) is 0 Å². The molecule has 0 aliphatic rings. The number of rotatable bonds is 6. The van der Waals surface area contributed by atoms with Crippen LogP contribution in [0.25, 0.3) is 6.08 Å². The fraction of sp³-hybridized carbons (Fsp3) is 0.0714. The van der Waals surface area contributed by atoms with Gasteiger partial charge in [0.25, 0.3) is 0 Å². The van der Waals surface area contributed by atoms with Crippen LogP contribution in [0.1, 0.15) is 11.1 Å². The molecule has 1 heterocycles. The summed E-state index contributed by atoms with van der Waals surface area (Å²) in [5.74, 6) is -1.03. The molecule has 0 atom stereocenters. The summed E-state index contributed by atoms with van der Waals surface area (Å²) in [5.41, 5.74) is 1.45. The topological polar surface area (TPSA) is 83.5 Å². The number of aliphatic carboxylic acids is 1. The molecule has 5 nitrogen and oxygen atoms in total. The first kappa shape index (κ1) is 15.4. The summed E-state index contributed by atoms with van der Waals surface area (Å²) in [6.45, 7) is 0.148. The Morgan fingerprint density at radius 2 is 2.10 bits per heavy atom. The van der Waals surface area contributed by atoms with E-state index in [0.717, 1.165) is 23.0 Å². The van der Waals surface area contributed by atoms with Crippen molar-refractivity contribution in [1.82, 2.24) is 4.72 Å². The lowest BCUT2D eigenvalue weighted by Crippen LogP contribution is -2.22. The van der Waals surface area contributed by atoms with Gasteiger partial charge in [0.2, 0.25) is 10.0 Å². The zero-order valence-corrected chi connectivity index (χ0v) is 12.5. The summed E-state index contributed by atoms with van der Waals surface area (Å²) in [7, 11) is -3.50. The molecule has 1 aromatic carbocycles. The van der Waals surface area contributed by atoms with Crippen molar-refractivity contribution in [3.63, 3.8) is 0 Å². The SMILES string of the molecule is O=C(O)C=Cc1cccc(CNS(=O)(=O)c2cccs2)c1. The molecule has 0 amide bonds. The van der Waals surface area contributed by atoms with Crippen LogP contribution in [0.15, 0.2) is 52.1 Å². The largest absolute Gasteiger partial charge is 0.478 e. The lowest BCUT2D eigenvalue weighted by molar-refractivity contribution is -0.131. The van der Waals surface area contributed by atoms with Gasteiger partial charge in [-0.25, -0.2) is 17.9 Å². The van der Waals surface area contributed by atoms with Crippen molar-refractivity contribution >= 4 is 33.4 Å². The van der Waals surface area contributed by atoms with Gasteiger partial charge in [0.15, 0.2) is 0 Å². The van der Waals surface area contributed by atoms with Crippen LogP contribution in [-0.2, 0) is 21.4 Å². The van der Waals surface area contributed by atoms with Gasteiger partial charge in [-0.1, -0.05) is 30.3 Å². The van der Waals surface area contributed by atoms with Gasteiger partial charge < -0.3 is 5.11 Å². The van der Waals surface area contributed by atoms with Crippen LogP contribution in [0.3, 0.4) is 0 Å². The van der Waals surface area contributed by atoms with E-state index in [1.165, 1.54) is 6.08 Å². The molecule has 0 aliphatic heterocycles. The molecule has 0 radical (unpaired) electrons. The normalized spacial score (nSPS) is 11.8. The van der Waals surface area contributed by atoms with Crippen molar-refractivity contribution in [1.29, 1.82) is 0 Å². The highest BCUT2D eigenvalue weighted by molar-refractivity contribution is 7.91. The molecular weight excluding hydrogens is 310 g/mol. The van der Waals surface area contributed by atoms with Gasteiger partial charge in [0.1, 0.15) is 4.21 Å². The number of benzene rings is 1. The molecule has 110 valence electrons. The van der Waals surface area contributed by atoms with Crippen LogP contribution in [0.5, 0.6) is 0 Å². The highest BCUT2D eigenvalue weighted by Crippen LogP contribution is 2.16. The van der Waals surface area contributed by atoms with Crippen molar-refractivity contribution in [3.05, 3.63) is 59.0 Å². The minimum Gasteiger partial charge on any atom is -0.478 e. The molecule has 0 fully saturated rings. The average Bonchev–Trinajstić information content (AvgIpc) is 2.98. The first-order chi connectivity index (χ1) is 9.97. The Morgan fingerprint density at radius 3 is 2.76 bits per heavy atom. The molecule has 0 saturated carbocycles. The number of sulfonamides is 1. The van der Waals surface area contributed by atoms with Crippen LogP contribution >= 0.6 is 11.3 Å². The highest BCUT2D eigenvalue weighted by atomic mass is 32.2. The Balaban J connectivity index is 2.07. The van der Waals surface area contributed by atoms with E-state index >= 15 is 0 Å². The van der Waals surface area contributed by atoms with E-state index in [1.54, 1.807) is 41.8 Å². The number of hydrogen-bond donors (Lipinski definition) is 2. The molecule has 7 heteroatoms. The minimum atomic E-state index is -3.50. The van der Waals surface area contributed by atoms with Crippen molar-refractivity contribution in [2.24, 2.45) is 0 Å². The van der Waals surface area contributed by atoms with Crippen LogP contribution < -0.4 is 4.72 Å². The second kappa shape index (κ2) is 6.66. The third kappa shape index (κ3) is 4.52. The van der Waals surface area contributed by atoms with Gasteiger partial charge in [-0.05, 0) is 28.6 Å². The second-order valence-corrected chi connectivity index (χ2v) is 7.11. The Bertz CT molecular complexity index is 749. The highest BCUT2D eigenvalue weighted by Gasteiger charge is 2.14. The zero-order valence-electron chi connectivity index (χ0n) is 10.9. The Morgan fingerprint density at radius 1 is 1.29 bits per heavy atom. The Kier molecular flexibility index (Phi) is 4.89. The molecule has 2 rings (SSSR count). The molecular formula is C14H13NO4S2. The molecule has 0 aliphatic carbocycles. The fourth-order valence-corrected chi connectivity index (χ4v) is 3.70. The van der Waals surface area contributed by atoms with E-state index in [9.17, 15) is 13.2 Å². The fourth-order valence-electron chi connectivity index (χ4n) is 1.64.